The van der Waals surface area contributed by atoms with E-state index in [1.807, 2.05) is 0 Å². The summed E-state index contributed by atoms with van der Waals surface area (Å²) in [4.78, 5) is 16.2. The molecule has 2 radical (unpaired) electrons. The van der Waals surface area contributed by atoms with E-state index in [1.54, 1.807) is 0 Å². The van der Waals surface area contributed by atoms with E-state index in [0.717, 1.165) is 0 Å². The SMILES string of the molecule is O=C=O.[Ca]. The molecule has 4 heavy (non-hydrogen) atoms. The van der Waals surface area contributed by atoms with Crippen molar-refractivity contribution in [2.45, 2.75) is 0 Å². The van der Waals surface area contributed by atoms with Crippen molar-refractivity contribution in [1.29, 1.82) is 0 Å². The predicted octanol–water partition coefficient (Wildman–Crippen LogP) is -0.964. The van der Waals surface area contributed by atoms with Gasteiger partial charge in [0.15, 0.2) is 0 Å². The Balaban J connectivity index is 0. The van der Waals surface area contributed by atoms with Gasteiger partial charge < -0.3 is 0 Å². The normalized spacial score (nSPS) is 2.00. The molecule has 3 heteroatoms. The first kappa shape index (κ1) is 8.82. The van der Waals surface area contributed by atoms with Gasteiger partial charge in [0.2, 0.25) is 0 Å². The number of rotatable bonds is 0. The van der Waals surface area contributed by atoms with E-state index in [2.05, 4.69) is 0 Å². The van der Waals surface area contributed by atoms with Crippen molar-refractivity contribution in [1.82, 2.24) is 0 Å². The topological polar surface area (TPSA) is 34.1 Å². The molecule has 0 unspecified atom stereocenters. The molecule has 0 saturated heterocycles. The van der Waals surface area contributed by atoms with Crippen LogP contribution in [0.1, 0.15) is 0 Å². The summed E-state index contributed by atoms with van der Waals surface area (Å²) in [7, 11) is 0. The van der Waals surface area contributed by atoms with Gasteiger partial charge >= 0.3 is 6.15 Å². The summed E-state index contributed by atoms with van der Waals surface area (Å²) in [6, 6.07) is 0. The molecule has 0 amide bonds. The first-order chi connectivity index (χ1) is 1.41. The fraction of sp³-hybridized carbons (Fsp3) is 0. The van der Waals surface area contributed by atoms with Gasteiger partial charge in [-0.15, -0.1) is 0 Å². The minimum Gasteiger partial charge on any atom is -0.186 e. The van der Waals surface area contributed by atoms with Crippen LogP contribution in [0.2, 0.25) is 0 Å². The molecular weight excluding hydrogens is 84.1 g/mol. The summed E-state index contributed by atoms with van der Waals surface area (Å²) in [5.41, 5.74) is 0. The van der Waals surface area contributed by atoms with Crippen LogP contribution >= 0.6 is 0 Å². The van der Waals surface area contributed by atoms with Crippen LogP contribution < -0.4 is 0 Å². The van der Waals surface area contributed by atoms with E-state index in [4.69, 9.17) is 9.59 Å². The molecule has 0 aromatic heterocycles. The van der Waals surface area contributed by atoms with Gasteiger partial charge in [-0.1, -0.05) is 0 Å². The molecule has 0 bridgehead atoms. The Morgan fingerprint density at radius 3 is 1.25 bits per heavy atom. The molecular formula is CCaO2. The van der Waals surface area contributed by atoms with Gasteiger partial charge in [-0.2, -0.15) is 9.59 Å². The number of hydrogen-bond donors (Lipinski definition) is 0. The predicted molar refractivity (Wildman–Crippen MR) is 10.8 cm³/mol. The average molecular weight is 84.1 g/mol. The number of carbonyl (C=O) groups excluding carboxylic acids is 2. The van der Waals surface area contributed by atoms with E-state index in [1.165, 1.54) is 0 Å². The molecule has 0 aliphatic heterocycles. The van der Waals surface area contributed by atoms with Crippen LogP contribution in [0.5, 0.6) is 0 Å². The molecule has 2 nitrogen and oxygen atoms in total. The second-order valence-corrected chi connectivity index (χ2v) is 0.0833. The van der Waals surface area contributed by atoms with Crippen LogP contribution in [0.15, 0.2) is 0 Å². The zero-order chi connectivity index (χ0) is 2.71. The maximum Gasteiger partial charge on any atom is 0.373 e. The third-order valence-electron chi connectivity index (χ3n) is 0. The van der Waals surface area contributed by atoms with E-state index < -0.39 is 0 Å². The second kappa shape index (κ2) is 9.43. The Morgan fingerprint density at radius 1 is 1.25 bits per heavy atom. The largest absolute Gasteiger partial charge is 0.373 e. The summed E-state index contributed by atoms with van der Waals surface area (Å²) in [5.74, 6) is 0. The summed E-state index contributed by atoms with van der Waals surface area (Å²) in [5, 5.41) is 0. The van der Waals surface area contributed by atoms with E-state index in [-0.39, 0.29) is 43.9 Å². The van der Waals surface area contributed by atoms with Crippen LogP contribution in [-0.4, -0.2) is 43.9 Å². The first-order valence-electron chi connectivity index (χ1n) is 0.408. The third kappa shape index (κ3) is 17.3. The quantitative estimate of drug-likeness (QED) is 0.354. The van der Waals surface area contributed by atoms with E-state index in [9.17, 15) is 0 Å². The van der Waals surface area contributed by atoms with Crippen molar-refractivity contribution in [3.8, 4) is 0 Å². The minimum atomic E-state index is 0. The maximum atomic E-state index is 8.12. The van der Waals surface area contributed by atoms with Gasteiger partial charge in [0.25, 0.3) is 0 Å². The summed E-state index contributed by atoms with van der Waals surface area (Å²) < 4.78 is 0. The standard InChI is InChI=1S/CO2.Ca/c2-1-3;. The molecule has 0 heterocycles. The van der Waals surface area contributed by atoms with Gasteiger partial charge in [0.05, 0.1) is 0 Å². The molecule has 0 fully saturated rings. The zero-order valence-corrected chi connectivity index (χ0v) is 4.23. The van der Waals surface area contributed by atoms with E-state index >= 15 is 0 Å². The number of hydrogen-bond acceptors (Lipinski definition) is 2. The molecule has 0 aliphatic carbocycles. The molecule has 0 N–H and O–H groups in total. The van der Waals surface area contributed by atoms with Gasteiger partial charge in [-0.05, 0) is 0 Å². The van der Waals surface area contributed by atoms with Crippen molar-refractivity contribution < 1.29 is 9.59 Å². The Bertz CT molecular complexity index is 27.0. The molecule has 0 aromatic rings. The Labute approximate surface area is 53.2 Å². The van der Waals surface area contributed by atoms with Crippen molar-refractivity contribution in [3.05, 3.63) is 0 Å². The molecule has 0 atom stereocenters. The van der Waals surface area contributed by atoms with E-state index in [0.29, 0.717) is 0 Å². The summed E-state index contributed by atoms with van der Waals surface area (Å²) in [6.45, 7) is 0. The second-order valence-electron chi connectivity index (χ2n) is 0.0833. The fourth-order valence-corrected chi connectivity index (χ4v) is 0. The Hall–Kier alpha value is 0.640. The van der Waals surface area contributed by atoms with Crippen LogP contribution in [0.3, 0.4) is 0 Å². The van der Waals surface area contributed by atoms with Crippen molar-refractivity contribution >= 4 is 43.9 Å². The molecule has 0 spiro atoms. The smallest absolute Gasteiger partial charge is 0.186 e. The fourth-order valence-electron chi connectivity index (χ4n) is 0. The first-order valence-corrected chi connectivity index (χ1v) is 0.408. The third-order valence-corrected chi connectivity index (χ3v) is 0. The van der Waals surface area contributed by atoms with Crippen molar-refractivity contribution in [2.24, 2.45) is 0 Å². The Kier molecular flexibility index (Phi) is 20.8. The maximum absolute atomic E-state index is 8.12. The van der Waals surface area contributed by atoms with Crippen LogP contribution in [0.4, 0.5) is 0 Å². The van der Waals surface area contributed by atoms with Gasteiger partial charge in [-0.25, -0.2) is 0 Å². The summed E-state index contributed by atoms with van der Waals surface area (Å²) in [6.07, 6.45) is 0.250. The van der Waals surface area contributed by atoms with Crippen LogP contribution in [-0.2, 0) is 9.59 Å². The molecule has 0 saturated carbocycles. The zero-order valence-electron chi connectivity index (χ0n) is 2.02. The van der Waals surface area contributed by atoms with Gasteiger partial charge in [0, 0.05) is 37.7 Å². The average Bonchev–Trinajstić information content (AvgIpc) is 0.918. The van der Waals surface area contributed by atoms with Crippen molar-refractivity contribution in [2.75, 3.05) is 0 Å². The molecule has 0 aliphatic rings. The molecule has 18 valence electrons. The van der Waals surface area contributed by atoms with Crippen LogP contribution in [0.25, 0.3) is 0 Å². The molecule has 0 aromatic carbocycles. The van der Waals surface area contributed by atoms with Gasteiger partial charge in [-0.3, -0.25) is 0 Å². The minimum absolute atomic E-state index is 0. The Morgan fingerprint density at radius 2 is 1.25 bits per heavy atom. The van der Waals surface area contributed by atoms with Crippen molar-refractivity contribution in [3.63, 3.8) is 0 Å². The molecule has 0 rings (SSSR count). The van der Waals surface area contributed by atoms with Crippen LogP contribution in [0, 0.1) is 0 Å². The summed E-state index contributed by atoms with van der Waals surface area (Å²) >= 11 is 0. The van der Waals surface area contributed by atoms with Gasteiger partial charge in [0.1, 0.15) is 0 Å². The monoisotopic (exact) mass is 84.0 g/mol.